The lowest BCUT2D eigenvalue weighted by molar-refractivity contribution is 0.786. The lowest BCUT2D eigenvalue weighted by Crippen LogP contribution is -2.09. The summed E-state index contributed by atoms with van der Waals surface area (Å²) in [7, 11) is 0. The third-order valence-corrected chi connectivity index (χ3v) is 2.31. The molecule has 1 aromatic rings. The summed E-state index contributed by atoms with van der Waals surface area (Å²) in [6.07, 6.45) is 0. The number of halogens is 2. The van der Waals surface area contributed by atoms with Crippen LogP contribution in [-0.4, -0.2) is 6.54 Å². The molecule has 0 heterocycles. The second-order valence-corrected chi connectivity index (χ2v) is 3.88. The number of rotatable bonds is 3. The third kappa shape index (κ3) is 3.10. The molecule has 0 bridgehead atoms. The Hall–Kier alpha value is -0.910. The highest BCUT2D eigenvalue weighted by Crippen LogP contribution is 2.25. The highest BCUT2D eigenvalue weighted by Gasteiger charge is 2.03. The molecule has 0 aliphatic heterocycles. The van der Waals surface area contributed by atoms with Crippen LogP contribution in [0.3, 0.4) is 0 Å². The van der Waals surface area contributed by atoms with Crippen molar-refractivity contribution in [2.75, 3.05) is 11.9 Å². The molecular formula is C10H10Cl2N2. The first-order valence-electron chi connectivity index (χ1n) is 4.22. The van der Waals surface area contributed by atoms with Gasteiger partial charge in [-0.2, -0.15) is 5.26 Å². The number of nitrogens with one attached hydrogen (secondary N) is 1. The van der Waals surface area contributed by atoms with E-state index < -0.39 is 0 Å². The SMILES string of the molecule is CC(C#N)CNc1cc(Cl)ccc1Cl. The molecule has 1 rings (SSSR count). The van der Waals surface area contributed by atoms with E-state index in [1.54, 1.807) is 18.2 Å². The molecule has 1 aromatic carbocycles. The van der Waals surface area contributed by atoms with Gasteiger partial charge in [0.15, 0.2) is 0 Å². The zero-order chi connectivity index (χ0) is 10.6. The van der Waals surface area contributed by atoms with E-state index in [2.05, 4.69) is 11.4 Å². The van der Waals surface area contributed by atoms with Gasteiger partial charge in [-0.3, -0.25) is 0 Å². The normalized spacial score (nSPS) is 11.9. The Morgan fingerprint density at radius 1 is 1.50 bits per heavy atom. The molecule has 0 saturated heterocycles. The summed E-state index contributed by atoms with van der Waals surface area (Å²) in [6, 6.07) is 7.33. The molecule has 0 aromatic heterocycles. The number of hydrogen-bond acceptors (Lipinski definition) is 2. The van der Waals surface area contributed by atoms with E-state index in [0.717, 1.165) is 5.69 Å². The van der Waals surface area contributed by atoms with Crippen molar-refractivity contribution in [2.24, 2.45) is 5.92 Å². The minimum Gasteiger partial charge on any atom is -0.382 e. The molecule has 2 nitrogen and oxygen atoms in total. The van der Waals surface area contributed by atoms with Gasteiger partial charge in [0.1, 0.15) is 0 Å². The molecule has 14 heavy (non-hydrogen) atoms. The number of hydrogen-bond donors (Lipinski definition) is 1. The molecule has 74 valence electrons. The second kappa shape index (κ2) is 5.09. The van der Waals surface area contributed by atoms with Gasteiger partial charge in [-0.25, -0.2) is 0 Å². The van der Waals surface area contributed by atoms with Crippen molar-refractivity contribution in [3.8, 4) is 6.07 Å². The molecule has 0 amide bonds. The van der Waals surface area contributed by atoms with E-state index in [-0.39, 0.29) is 5.92 Å². The van der Waals surface area contributed by atoms with Crippen LogP contribution in [0.25, 0.3) is 0 Å². The van der Waals surface area contributed by atoms with Gasteiger partial charge < -0.3 is 5.32 Å². The summed E-state index contributed by atoms with van der Waals surface area (Å²) in [5, 5.41) is 12.9. The van der Waals surface area contributed by atoms with Gasteiger partial charge in [-0.15, -0.1) is 0 Å². The standard InChI is InChI=1S/C10H10Cl2N2/c1-7(5-13)6-14-10-4-8(11)2-3-9(10)12/h2-4,7,14H,6H2,1H3. The number of anilines is 1. The minimum atomic E-state index is -0.0509. The Labute approximate surface area is 93.4 Å². The van der Waals surface area contributed by atoms with Crippen LogP contribution in [0.5, 0.6) is 0 Å². The van der Waals surface area contributed by atoms with E-state index in [0.29, 0.717) is 16.6 Å². The molecule has 0 aliphatic carbocycles. The lowest BCUT2D eigenvalue weighted by Gasteiger charge is -2.09. The summed E-state index contributed by atoms with van der Waals surface area (Å²) in [6.45, 7) is 2.40. The summed E-state index contributed by atoms with van der Waals surface area (Å²) in [5.74, 6) is -0.0509. The van der Waals surface area contributed by atoms with Gasteiger partial charge >= 0.3 is 0 Å². The topological polar surface area (TPSA) is 35.8 Å². The van der Waals surface area contributed by atoms with E-state index in [1.165, 1.54) is 0 Å². The average Bonchev–Trinajstić information content (AvgIpc) is 2.19. The second-order valence-electron chi connectivity index (χ2n) is 3.04. The molecule has 4 heteroatoms. The average molecular weight is 229 g/mol. The van der Waals surface area contributed by atoms with E-state index >= 15 is 0 Å². The number of nitrogens with zero attached hydrogens (tertiary/aromatic N) is 1. The fraction of sp³-hybridized carbons (Fsp3) is 0.300. The molecular weight excluding hydrogens is 219 g/mol. The lowest BCUT2D eigenvalue weighted by atomic mass is 10.2. The van der Waals surface area contributed by atoms with Gasteiger partial charge in [-0.1, -0.05) is 23.2 Å². The van der Waals surface area contributed by atoms with Crippen LogP contribution in [0.1, 0.15) is 6.92 Å². The van der Waals surface area contributed by atoms with Crippen molar-refractivity contribution in [2.45, 2.75) is 6.92 Å². The van der Waals surface area contributed by atoms with Crippen molar-refractivity contribution in [3.63, 3.8) is 0 Å². The van der Waals surface area contributed by atoms with E-state index in [9.17, 15) is 0 Å². The zero-order valence-electron chi connectivity index (χ0n) is 7.72. The van der Waals surface area contributed by atoms with Crippen LogP contribution in [0.15, 0.2) is 18.2 Å². The first kappa shape index (κ1) is 11.2. The van der Waals surface area contributed by atoms with Gasteiger partial charge in [-0.05, 0) is 25.1 Å². The molecule has 1 N–H and O–H groups in total. The number of nitriles is 1. The van der Waals surface area contributed by atoms with Crippen LogP contribution in [0.4, 0.5) is 5.69 Å². The Morgan fingerprint density at radius 3 is 2.86 bits per heavy atom. The minimum absolute atomic E-state index is 0.0509. The molecule has 0 fully saturated rings. The Balaban J connectivity index is 2.67. The van der Waals surface area contributed by atoms with Crippen molar-refractivity contribution in [1.82, 2.24) is 0 Å². The van der Waals surface area contributed by atoms with Crippen molar-refractivity contribution >= 4 is 28.9 Å². The maximum atomic E-state index is 8.59. The Bertz CT molecular complexity index is 358. The first-order valence-corrected chi connectivity index (χ1v) is 4.97. The molecule has 0 aliphatic rings. The number of benzene rings is 1. The van der Waals surface area contributed by atoms with Crippen LogP contribution >= 0.6 is 23.2 Å². The maximum absolute atomic E-state index is 8.59. The van der Waals surface area contributed by atoms with Crippen LogP contribution in [0.2, 0.25) is 10.0 Å². The van der Waals surface area contributed by atoms with Gasteiger partial charge in [0.05, 0.1) is 22.7 Å². The quantitative estimate of drug-likeness (QED) is 0.859. The third-order valence-electron chi connectivity index (χ3n) is 1.75. The van der Waals surface area contributed by atoms with E-state index in [1.807, 2.05) is 6.92 Å². The highest BCUT2D eigenvalue weighted by molar-refractivity contribution is 6.35. The molecule has 0 saturated carbocycles. The molecule has 1 unspecified atom stereocenters. The van der Waals surface area contributed by atoms with Gasteiger partial charge in [0.2, 0.25) is 0 Å². The molecule has 0 spiro atoms. The summed E-state index contributed by atoms with van der Waals surface area (Å²) in [5.41, 5.74) is 0.765. The Kier molecular flexibility index (Phi) is 4.06. The maximum Gasteiger partial charge on any atom is 0.0671 e. The summed E-state index contributed by atoms with van der Waals surface area (Å²) >= 11 is 11.7. The highest BCUT2D eigenvalue weighted by atomic mass is 35.5. The van der Waals surface area contributed by atoms with Crippen LogP contribution in [0, 0.1) is 17.2 Å². The predicted molar refractivity (Wildman–Crippen MR) is 59.7 cm³/mol. The largest absolute Gasteiger partial charge is 0.382 e. The van der Waals surface area contributed by atoms with Gasteiger partial charge in [0.25, 0.3) is 0 Å². The fourth-order valence-electron chi connectivity index (χ4n) is 0.942. The van der Waals surface area contributed by atoms with Gasteiger partial charge in [0, 0.05) is 11.6 Å². The molecule has 0 radical (unpaired) electrons. The van der Waals surface area contributed by atoms with Crippen LogP contribution in [-0.2, 0) is 0 Å². The fourth-order valence-corrected chi connectivity index (χ4v) is 1.30. The van der Waals surface area contributed by atoms with Crippen LogP contribution < -0.4 is 5.32 Å². The predicted octanol–water partition coefficient (Wildman–Crippen LogP) is 3.56. The zero-order valence-corrected chi connectivity index (χ0v) is 9.23. The van der Waals surface area contributed by atoms with Crippen molar-refractivity contribution in [3.05, 3.63) is 28.2 Å². The smallest absolute Gasteiger partial charge is 0.0671 e. The monoisotopic (exact) mass is 228 g/mol. The first-order chi connectivity index (χ1) is 6.63. The van der Waals surface area contributed by atoms with Crippen molar-refractivity contribution < 1.29 is 0 Å². The summed E-state index contributed by atoms with van der Waals surface area (Å²) < 4.78 is 0. The summed E-state index contributed by atoms with van der Waals surface area (Å²) in [4.78, 5) is 0. The molecule has 1 atom stereocenters. The Morgan fingerprint density at radius 2 is 2.21 bits per heavy atom. The van der Waals surface area contributed by atoms with Crippen molar-refractivity contribution in [1.29, 1.82) is 5.26 Å². The van der Waals surface area contributed by atoms with E-state index in [4.69, 9.17) is 28.5 Å².